The minimum Gasteiger partial charge on any atom is -0.313 e. The Bertz CT molecular complexity index is 605. The van der Waals surface area contributed by atoms with Crippen LogP contribution in [0, 0.1) is 6.92 Å². The highest BCUT2D eigenvalue weighted by Gasteiger charge is 2.34. The van der Waals surface area contributed by atoms with Crippen molar-refractivity contribution in [1.29, 1.82) is 0 Å². The third-order valence-electron chi connectivity index (χ3n) is 3.07. The van der Waals surface area contributed by atoms with E-state index in [1.165, 1.54) is 6.20 Å². The highest BCUT2D eigenvalue weighted by atomic mass is 32.1. The van der Waals surface area contributed by atoms with Gasteiger partial charge in [-0.05, 0) is 42.6 Å². The van der Waals surface area contributed by atoms with E-state index in [2.05, 4.69) is 17.2 Å². The van der Waals surface area contributed by atoms with Gasteiger partial charge in [0.1, 0.15) is 0 Å². The van der Waals surface area contributed by atoms with E-state index in [4.69, 9.17) is 0 Å². The number of aryl methyl sites for hydroxylation is 1. The number of aromatic nitrogens is 1. The van der Waals surface area contributed by atoms with Crippen molar-refractivity contribution in [3.8, 4) is 10.4 Å². The van der Waals surface area contributed by atoms with Gasteiger partial charge in [0, 0.05) is 12.7 Å². The van der Waals surface area contributed by atoms with Crippen LogP contribution < -0.4 is 5.32 Å². The van der Waals surface area contributed by atoms with Crippen molar-refractivity contribution in [2.24, 2.45) is 0 Å². The Morgan fingerprint density at radius 3 is 2.67 bits per heavy atom. The zero-order chi connectivity index (χ0) is 15.5. The molecular weight excluding hydrogens is 297 g/mol. The van der Waals surface area contributed by atoms with Crippen molar-refractivity contribution < 1.29 is 13.2 Å². The number of benzene rings is 1. The number of hydrogen-bond acceptors (Lipinski definition) is 3. The molecule has 0 aliphatic heterocycles. The minimum absolute atomic E-state index is 0.553. The molecule has 0 unspecified atom stereocenters. The zero-order valence-corrected chi connectivity index (χ0v) is 12.7. The Hall–Kier alpha value is -1.40. The van der Waals surface area contributed by atoms with Crippen LogP contribution in [0.5, 0.6) is 0 Å². The second kappa shape index (κ2) is 6.58. The molecule has 0 saturated carbocycles. The lowest BCUT2D eigenvalue weighted by Gasteiger charge is -2.08. The number of nitrogens with zero attached hydrogens (tertiary/aromatic N) is 1. The van der Waals surface area contributed by atoms with Crippen molar-refractivity contribution in [3.05, 3.63) is 40.5 Å². The number of hydrogen-bond donors (Lipinski definition) is 1. The first-order valence-corrected chi connectivity index (χ1v) is 7.57. The summed E-state index contributed by atoms with van der Waals surface area (Å²) in [5.74, 6) is 0. The lowest BCUT2D eigenvalue weighted by atomic mass is 10.0. The number of rotatable bonds is 5. The van der Waals surface area contributed by atoms with Crippen molar-refractivity contribution in [2.45, 2.75) is 33.0 Å². The predicted molar refractivity (Wildman–Crippen MR) is 79.3 cm³/mol. The van der Waals surface area contributed by atoms with Crippen LogP contribution in [0.2, 0.25) is 0 Å². The SMILES string of the molecule is CCCNCc1ccc(C)c(-c2cnc(C(F)(F)F)s2)c1. The fourth-order valence-electron chi connectivity index (χ4n) is 1.98. The molecule has 0 radical (unpaired) electrons. The van der Waals surface area contributed by atoms with Crippen LogP contribution in [0.3, 0.4) is 0 Å². The standard InChI is InChI=1S/C15H17F3N2S/c1-3-6-19-8-11-5-4-10(2)12(7-11)13-9-20-14(21-13)15(16,17)18/h4-5,7,9,19H,3,6,8H2,1-2H3. The molecule has 2 rings (SSSR count). The molecule has 1 N–H and O–H groups in total. The molecule has 0 aliphatic rings. The minimum atomic E-state index is -4.38. The molecule has 6 heteroatoms. The highest BCUT2D eigenvalue weighted by molar-refractivity contribution is 7.15. The molecule has 21 heavy (non-hydrogen) atoms. The Morgan fingerprint density at radius 1 is 1.29 bits per heavy atom. The van der Waals surface area contributed by atoms with Gasteiger partial charge in [0.05, 0.1) is 4.88 Å². The molecule has 0 amide bonds. The van der Waals surface area contributed by atoms with Crippen LogP contribution in [-0.2, 0) is 12.7 Å². The third kappa shape index (κ3) is 4.04. The van der Waals surface area contributed by atoms with E-state index in [-0.39, 0.29) is 0 Å². The second-order valence-corrected chi connectivity index (χ2v) is 5.88. The quantitative estimate of drug-likeness (QED) is 0.813. The van der Waals surface area contributed by atoms with Gasteiger partial charge < -0.3 is 5.32 Å². The predicted octanol–water partition coefficient (Wildman–Crippen LogP) is 4.64. The van der Waals surface area contributed by atoms with Crippen LogP contribution in [0.15, 0.2) is 24.4 Å². The van der Waals surface area contributed by atoms with Crippen LogP contribution in [0.25, 0.3) is 10.4 Å². The Kier molecular flexibility index (Phi) is 5.00. The molecule has 0 saturated heterocycles. The fourth-order valence-corrected chi connectivity index (χ4v) is 2.85. The molecule has 1 aromatic heterocycles. The summed E-state index contributed by atoms with van der Waals surface area (Å²) in [5, 5.41) is 2.49. The maximum atomic E-state index is 12.6. The van der Waals surface area contributed by atoms with Crippen molar-refractivity contribution in [3.63, 3.8) is 0 Å². The summed E-state index contributed by atoms with van der Waals surface area (Å²) in [6.07, 6.45) is -2.03. The Labute approximate surface area is 126 Å². The molecule has 114 valence electrons. The topological polar surface area (TPSA) is 24.9 Å². The van der Waals surface area contributed by atoms with E-state index in [9.17, 15) is 13.2 Å². The highest BCUT2D eigenvalue weighted by Crippen LogP contribution is 2.37. The van der Waals surface area contributed by atoms with E-state index < -0.39 is 11.2 Å². The average molecular weight is 314 g/mol. The largest absolute Gasteiger partial charge is 0.443 e. The summed E-state index contributed by atoms with van der Waals surface area (Å²) in [6, 6.07) is 5.87. The van der Waals surface area contributed by atoms with Gasteiger partial charge in [0.25, 0.3) is 0 Å². The molecule has 0 spiro atoms. The first-order chi connectivity index (χ1) is 9.91. The molecule has 1 heterocycles. The normalized spacial score (nSPS) is 11.9. The Morgan fingerprint density at radius 2 is 2.05 bits per heavy atom. The zero-order valence-electron chi connectivity index (χ0n) is 11.9. The van der Waals surface area contributed by atoms with Crippen molar-refractivity contribution >= 4 is 11.3 Å². The average Bonchev–Trinajstić information content (AvgIpc) is 2.90. The maximum absolute atomic E-state index is 12.6. The summed E-state index contributed by atoms with van der Waals surface area (Å²) in [6.45, 7) is 5.61. The van der Waals surface area contributed by atoms with Crippen LogP contribution >= 0.6 is 11.3 Å². The maximum Gasteiger partial charge on any atom is 0.443 e. The van der Waals surface area contributed by atoms with E-state index >= 15 is 0 Å². The number of nitrogens with one attached hydrogen (secondary N) is 1. The Balaban J connectivity index is 2.26. The molecule has 2 aromatic rings. The summed E-state index contributed by atoms with van der Waals surface area (Å²) in [7, 11) is 0. The van der Waals surface area contributed by atoms with Crippen molar-refractivity contribution in [1.82, 2.24) is 10.3 Å². The molecule has 0 atom stereocenters. The van der Waals surface area contributed by atoms with Gasteiger partial charge in [-0.3, -0.25) is 0 Å². The number of alkyl halides is 3. The first-order valence-electron chi connectivity index (χ1n) is 6.75. The van der Waals surface area contributed by atoms with Gasteiger partial charge in [-0.15, -0.1) is 11.3 Å². The van der Waals surface area contributed by atoms with Gasteiger partial charge in [-0.1, -0.05) is 19.1 Å². The molecule has 1 aromatic carbocycles. The fraction of sp³-hybridized carbons (Fsp3) is 0.400. The molecular formula is C15H17F3N2S. The van der Waals surface area contributed by atoms with E-state index in [0.29, 0.717) is 22.8 Å². The van der Waals surface area contributed by atoms with Crippen molar-refractivity contribution in [2.75, 3.05) is 6.54 Å². The molecule has 0 bridgehead atoms. The lowest BCUT2D eigenvalue weighted by molar-refractivity contribution is -0.137. The van der Waals surface area contributed by atoms with Gasteiger partial charge >= 0.3 is 6.18 Å². The third-order valence-corrected chi connectivity index (χ3v) is 4.15. The summed E-state index contributed by atoms with van der Waals surface area (Å²) < 4.78 is 37.9. The van der Waals surface area contributed by atoms with Crippen LogP contribution in [0.4, 0.5) is 13.2 Å². The van der Waals surface area contributed by atoms with Gasteiger partial charge in [0.15, 0.2) is 5.01 Å². The number of thiazole rings is 1. The van der Waals surface area contributed by atoms with Gasteiger partial charge in [0.2, 0.25) is 0 Å². The number of halogens is 3. The summed E-state index contributed by atoms with van der Waals surface area (Å²) in [5.41, 5.74) is 2.83. The van der Waals surface area contributed by atoms with Gasteiger partial charge in [-0.25, -0.2) is 4.98 Å². The van der Waals surface area contributed by atoms with Crippen LogP contribution in [0.1, 0.15) is 29.5 Å². The van der Waals surface area contributed by atoms with Gasteiger partial charge in [-0.2, -0.15) is 13.2 Å². The molecule has 0 aliphatic carbocycles. The van der Waals surface area contributed by atoms with E-state index in [0.717, 1.165) is 29.7 Å². The lowest BCUT2D eigenvalue weighted by Crippen LogP contribution is -2.13. The summed E-state index contributed by atoms with van der Waals surface area (Å²) >= 11 is 0.688. The smallest absolute Gasteiger partial charge is 0.313 e. The molecule has 2 nitrogen and oxygen atoms in total. The van der Waals surface area contributed by atoms with E-state index in [1.807, 2.05) is 25.1 Å². The summed E-state index contributed by atoms with van der Waals surface area (Å²) in [4.78, 5) is 4.04. The monoisotopic (exact) mass is 314 g/mol. The van der Waals surface area contributed by atoms with E-state index in [1.54, 1.807) is 0 Å². The van der Waals surface area contributed by atoms with Crippen LogP contribution in [-0.4, -0.2) is 11.5 Å². The first kappa shape index (κ1) is 16.0. The second-order valence-electron chi connectivity index (χ2n) is 4.85. The molecule has 0 fully saturated rings.